The van der Waals surface area contributed by atoms with E-state index in [0.717, 1.165) is 17.7 Å². The fraction of sp³-hybridized carbons (Fsp3) is 0.250. The molecule has 124 valence electrons. The van der Waals surface area contributed by atoms with Crippen molar-refractivity contribution in [3.63, 3.8) is 0 Å². The molecule has 0 bridgehead atoms. The van der Waals surface area contributed by atoms with Gasteiger partial charge in [0.25, 0.3) is 0 Å². The van der Waals surface area contributed by atoms with Gasteiger partial charge in [-0.15, -0.1) is 0 Å². The molecule has 0 fully saturated rings. The van der Waals surface area contributed by atoms with Gasteiger partial charge in [0, 0.05) is 24.6 Å². The minimum atomic E-state index is -0.0516. The first-order valence-corrected chi connectivity index (χ1v) is 8.30. The van der Waals surface area contributed by atoms with Gasteiger partial charge in [-0.05, 0) is 35.2 Å². The quantitative estimate of drug-likeness (QED) is 0.702. The van der Waals surface area contributed by atoms with Crippen LogP contribution < -0.4 is 5.32 Å². The zero-order valence-electron chi connectivity index (χ0n) is 13.9. The summed E-state index contributed by atoms with van der Waals surface area (Å²) in [5, 5.41) is 13.1. The van der Waals surface area contributed by atoms with Gasteiger partial charge in [-0.25, -0.2) is 4.98 Å². The lowest BCUT2D eigenvalue weighted by Gasteiger charge is -2.17. The van der Waals surface area contributed by atoms with Gasteiger partial charge in [-0.1, -0.05) is 43.3 Å². The number of aryl methyl sites for hydroxylation is 1. The van der Waals surface area contributed by atoms with Crippen molar-refractivity contribution in [2.24, 2.45) is 0 Å². The number of imidazole rings is 1. The van der Waals surface area contributed by atoms with Crippen molar-refractivity contribution in [3.8, 4) is 5.69 Å². The summed E-state index contributed by atoms with van der Waals surface area (Å²) in [6, 6.07) is 16.7. The first kappa shape index (κ1) is 16.4. The number of aromatic nitrogens is 2. The molecule has 2 aromatic carbocycles. The average molecular weight is 321 g/mol. The van der Waals surface area contributed by atoms with E-state index < -0.39 is 0 Å². The second-order valence-corrected chi connectivity index (χ2v) is 5.85. The third-order valence-corrected chi connectivity index (χ3v) is 4.26. The lowest BCUT2D eigenvalue weighted by molar-refractivity contribution is 0.243. The van der Waals surface area contributed by atoms with Gasteiger partial charge in [-0.3, -0.25) is 0 Å². The summed E-state index contributed by atoms with van der Waals surface area (Å²) in [5.41, 5.74) is 4.70. The third-order valence-electron chi connectivity index (χ3n) is 4.26. The van der Waals surface area contributed by atoms with Crippen LogP contribution in [0.5, 0.6) is 0 Å². The highest BCUT2D eigenvalue weighted by atomic mass is 16.3. The van der Waals surface area contributed by atoms with E-state index in [0.29, 0.717) is 6.54 Å². The highest BCUT2D eigenvalue weighted by Gasteiger charge is 2.09. The van der Waals surface area contributed by atoms with Gasteiger partial charge < -0.3 is 15.0 Å². The van der Waals surface area contributed by atoms with E-state index in [1.165, 1.54) is 11.1 Å². The Labute approximate surface area is 142 Å². The van der Waals surface area contributed by atoms with E-state index in [1.807, 2.05) is 10.8 Å². The molecule has 0 radical (unpaired) electrons. The van der Waals surface area contributed by atoms with Crippen LogP contribution in [-0.4, -0.2) is 21.3 Å². The topological polar surface area (TPSA) is 50.1 Å². The number of hydrogen-bond donors (Lipinski definition) is 2. The Balaban J connectivity index is 1.62. The molecule has 0 amide bonds. The summed E-state index contributed by atoms with van der Waals surface area (Å²) in [7, 11) is 0. The lowest BCUT2D eigenvalue weighted by atomic mass is 10.0. The average Bonchev–Trinajstić information content (AvgIpc) is 3.18. The first-order chi connectivity index (χ1) is 11.8. The number of nitrogens with zero attached hydrogens (tertiary/aromatic N) is 2. The summed E-state index contributed by atoms with van der Waals surface area (Å²) in [5.74, 6) is 0. The van der Waals surface area contributed by atoms with Crippen LogP contribution in [0.1, 0.15) is 29.7 Å². The fourth-order valence-corrected chi connectivity index (χ4v) is 2.71. The molecule has 1 unspecified atom stereocenters. The smallest absolute Gasteiger partial charge is 0.0991 e. The number of benzene rings is 2. The Morgan fingerprint density at radius 1 is 1.04 bits per heavy atom. The number of rotatable bonds is 7. The standard InChI is InChI=1S/C20H23N3O/c1-2-16-3-7-18(8-4-16)20(14-24)22-13-17-5-9-19(10-6-17)23-12-11-21-15-23/h3-12,15,20,22,24H,2,13-14H2,1H3. The van der Waals surface area contributed by atoms with Gasteiger partial charge in [0.05, 0.1) is 19.0 Å². The molecule has 1 aromatic heterocycles. The summed E-state index contributed by atoms with van der Waals surface area (Å²) in [6.07, 6.45) is 6.51. The van der Waals surface area contributed by atoms with Crippen LogP contribution in [-0.2, 0) is 13.0 Å². The van der Waals surface area contributed by atoms with Crippen LogP contribution in [0.4, 0.5) is 0 Å². The number of aliphatic hydroxyl groups is 1. The van der Waals surface area contributed by atoms with Crippen molar-refractivity contribution in [2.75, 3.05) is 6.61 Å². The van der Waals surface area contributed by atoms with Crippen molar-refractivity contribution in [2.45, 2.75) is 25.9 Å². The molecular formula is C20H23N3O. The van der Waals surface area contributed by atoms with E-state index in [4.69, 9.17) is 0 Å². The van der Waals surface area contributed by atoms with Crippen LogP contribution in [0.2, 0.25) is 0 Å². The minimum absolute atomic E-state index is 0.0516. The van der Waals surface area contributed by atoms with Gasteiger partial charge in [-0.2, -0.15) is 0 Å². The van der Waals surface area contributed by atoms with Crippen LogP contribution in [0, 0.1) is 0 Å². The van der Waals surface area contributed by atoms with Gasteiger partial charge in [0.2, 0.25) is 0 Å². The van der Waals surface area contributed by atoms with E-state index in [-0.39, 0.29) is 12.6 Å². The molecular weight excluding hydrogens is 298 g/mol. The Bertz CT molecular complexity index is 734. The SMILES string of the molecule is CCc1ccc(C(CO)NCc2ccc(-n3ccnc3)cc2)cc1. The Kier molecular flexibility index (Phi) is 5.41. The molecule has 0 saturated carbocycles. The molecule has 0 aliphatic carbocycles. The van der Waals surface area contributed by atoms with E-state index in [1.54, 1.807) is 12.5 Å². The van der Waals surface area contributed by atoms with E-state index in [2.05, 4.69) is 65.8 Å². The molecule has 1 heterocycles. The highest BCUT2D eigenvalue weighted by molar-refractivity contribution is 5.34. The van der Waals surface area contributed by atoms with E-state index >= 15 is 0 Å². The minimum Gasteiger partial charge on any atom is -0.394 e. The molecule has 24 heavy (non-hydrogen) atoms. The zero-order valence-corrected chi connectivity index (χ0v) is 13.9. The largest absolute Gasteiger partial charge is 0.394 e. The maximum absolute atomic E-state index is 9.68. The summed E-state index contributed by atoms with van der Waals surface area (Å²) < 4.78 is 1.98. The highest BCUT2D eigenvalue weighted by Crippen LogP contribution is 2.15. The summed E-state index contributed by atoms with van der Waals surface area (Å²) in [6.45, 7) is 2.94. The van der Waals surface area contributed by atoms with Crippen LogP contribution in [0.25, 0.3) is 5.69 Å². The Morgan fingerprint density at radius 3 is 2.33 bits per heavy atom. The van der Waals surface area contributed by atoms with Gasteiger partial charge >= 0.3 is 0 Å². The van der Waals surface area contributed by atoms with Crippen LogP contribution >= 0.6 is 0 Å². The zero-order chi connectivity index (χ0) is 16.8. The molecule has 1 atom stereocenters. The predicted octanol–water partition coefficient (Wildman–Crippen LogP) is 3.26. The number of aliphatic hydroxyl groups excluding tert-OH is 1. The maximum atomic E-state index is 9.68. The predicted molar refractivity (Wildman–Crippen MR) is 96.1 cm³/mol. The molecule has 4 nitrogen and oxygen atoms in total. The van der Waals surface area contributed by atoms with Gasteiger partial charge in [0.1, 0.15) is 0 Å². The molecule has 2 N–H and O–H groups in total. The second kappa shape index (κ2) is 7.90. The lowest BCUT2D eigenvalue weighted by Crippen LogP contribution is -2.24. The summed E-state index contributed by atoms with van der Waals surface area (Å²) >= 11 is 0. The van der Waals surface area contributed by atoms with Crippen LogP contribution in [0.15, 0.2) is 67.3 Å². The maximum Gasteiger partial charge on any atom is 0.0991 e. The molecule has 0 saturated heterocycles. The normalized spacial score (nSPS) is 12.2. The van der Waals surface area contributed by atoms with Crippen molar-refractivity contribution >= 4 is 0 Å². The summed E-state index contributed by atoms with van der Waals surface area (Å²) in [4.78, 5) is 4.06. The third kappa shape index (κ3) is 3.91. The van der Waals surface area contributed by atoms with Crippen molar-refractivity contribution in [1.29, 1.82) is 0 Å². The number of hydrogen-bond acceptors (Lipinski definition) is 3. The molecule has 4 heteroatoms. The Morgan fingerprint density at radius 2 is 1.75 bits per heavy atom. The van der Waals surface area contributed by atoms with Crippen molar-refractivity contribution in [1.82, 2.24) is 14.9 Å². The molecule has 3 rings (SSSR count). The van der Waals surface area contributed by atoms with Gasteiger partial charge in [0.15, 0.2) is 0 Å². The second-order valence-electron chi connectivity index (χ2n) is 5.85. The molecule has 0 aliphatic rings. The fourth-order valence-electron chi connectivity index (χ4n) is 2.71. The monoisotopic (exact) mass is 321 g/mol. The van der Waals surface area contributed by atoms with Crippen molar-refractivity contribution in [3.05, 3.63) is 83.9 Å². The van der Waals surface area contributed by atoms with E-state index in [9.17, 15) is 5.11 Å². The molecule has 0 spiro atoms. The molecule has 0 aliphatic heterocycles. The van der Waals surface area contributed by atoms with Crippen LogP contribution in [0.3, 0.4) is 0 Å². The first-order valence-electron chi connectivity index (χ1n) is 8.30. The Hall–Kier alpha value is -2.43. The molecule has 3 aromatic rings. The van der Waals surface area contributed by atoms with Crippen molar-refractivity contribution < 1.29 is 5.11 Å². The number of nitrogens with one attached hydrogen (secondary N) is 1.